The molecule has 3 nitrogen and oxygen atoms in total. The monoisotopic (exact) mass is 222 g/mol. The Balaban J connectivity index is 2.58. The minimum atomic E-state index is -0.386. The van der Waals surface area contributed by atoms with Crippen molar-refractivity contribution in [3.63, 3.8) is 0 Å². The Morgan fingerprint density at radius 3 is 2.62 bits per heavy atom. The van der Waals surface area contributed by atoms with Crippen LogP contribution in [-0.2, 0) is 14.3 Å². The van der Waals surface area contributed by atoms with Gasteiger partial charge >= 0.3 is 5.97 Å². The average molecular weight is 222 g/mol. The van der Waals surface area contributed by atoms with Gasteiger partial charge in [0.05, 0.1) is 6.42 Å². The minimum absolute atomic E-state index is 0.0542. The number of ketones is 1. The Bertz CT molecular complexity index is 392. The molecular weight excluding hydrogens is 204 g/mol. The van der Waals surface area contributed by atoms with Gasteiger partial charge in [0.25, 0.3) is 0 Å². The van der Waals surface area contributed by atoms with Crippen LogP contribution in [-0.4, -0.2) is 17.9 Å². The summed E-state index contributed by atoms with van der Waals surface area (Å²) in [5.74, 6) is -0.135. The van der Waals surface area contributed by atoms with E-state index in [9.17, 15) is 9.59 Å². The second-order valence-electron chi connectivity index (χ2n) is 5.76. The van der Waals surface area contributed by atoms with Gasteiger partial charge in [-0.2, -0.15) is 0 Å². The number of fused-ring (bicyclic) bond motifs is 3. The van der Waals surface area contributed by atoms with Gasteiger partial charge in [-0.05, 0) is 24.8 Å². The molecule has 0 aromatic carbocycles. The van der Waals surface area contributed by atoms with Crippen molar-refractivity contribution in [2.45, 2.75) is 46.6 Å². The second-order valence-corrected chi connectivity index (χ2v) is 5.76. The highest BCUT2D eigenvalue weighted by Gasteiger charge is 2.53. The number of hydrogen-bond donors (Lipinski definition) is 0. The van der Waals surface area contributed by atoms with E-state index in [4.69, 9.17) is 4.74 Å². The Labute approximate surface area is 95.9 Å². The molecule has 1 aliphatic carbocycles. The van der Waals surface area contributed by atoms with Crippen LogP contribution >= 0.6 is 0 Å². The van der Waals surface area contributed by atoms with Crippen molar-refractivity contribution in [1.29, 1.82) is 0 Å². The topological polar surface area (TPSA) is 43.4 Å². The SMILES string of the molecule is CC(=O)C1=CC2CC(C)(C)C1(C)CC(=O)O2. The molecule has 2 unspecified atom stereocenters. The van der Waals surface area contributed by atoms with Crippen LogP contribution in [0, 0.1) is 10.8 Å². The Kier molecular flexibility index (Phi) is 2.26. The van der Waals surface area contributed by atoms with Gasteiger partial charge in [-0.3, -0.25) is 9.59 Å². The molecule has 0 aromatic heterocycles. The summed E-state index contributed by atoms with van der Waals surface area (Å²) in [4.78, 5) is 23.3. The highest BCUT2D eigenvalue weighted by molar-refractivity contribution is 5.96. The lowest BCUT2D eigenvalue weighted by molar-refractivity contribution is -0.146. The van der Waals surface area contributed by atoms with Crippen molar-refractivity contribution >= 4 is 11.8 Å². The van der Waals surface area contributed by atoms with E-state index in [1.165, 1.54) is 0 Å². The lowest BCUT2D eigenvalue weighted by atomic mass is 9.56. The fourth-order valence-electron chi connectivity index (χ4n) is 2.94. The maximum absolute atomic E-state index is 11.7. The van der Waals surface area contributed by atoms with Crippen LogP contribution in [0.5, 0.6) is 0 Å². The van der Waals surface area contributed by atoms with E-state index in [-0.39, 0.29) is 28.7 Å². The third-order valence-corrected chi connectivity index (χ3v) is 4.31. The summed E-state index contributed by atoms with van der Waals surface area (Å²) in [5.41, 5.74) is 0.294. The molecule has 2 aliphatic heterocycles. The summed E-state index contributed by atoms with van der Waals surface area (Å²) in [7, 11) is 0. The van der Waals surface area contributed by atoms with Crippen molar-refractivity contribution in [2.24, 2.45) is 10.8 Å². The Hall–Kier alpha value is -1.12. The summed E-state index contributed by atoms with van der Waals surface area (Å²) >= 11 is 0. The third kappa shape index (κ3) is 1.41. The predicted octanol–water partition coefficient (Wildman–Crippen LogP) is 2.25. The lowest BCUT2D eigenvalue weighted by Gasteiger charge is -2.46. The molecule has 2 bridgehead atoms. The van der Waals surface area contributed by atoms with Gasteiger partial charge in [-0.1, -0.05) is 20.8 Å². The third-order valence-electron chi connectivity index (χ3n) is 4.31. The normalized spacial score (nSPS) is 36.4. The zero-order valence-corrected chi connectivity index (χ0v) is 10.3. The molecular formula is C13H18O3. The van der Waals surface area contributed by atoms with E-state index >= 15 is 0 Å². The van der Waals surface area contributed by atoms with Gasteiger partial charge < -0.3 is 4.74 Å². The van der Waals surface area contributed by atoms with E-state index < -0.39 is 0 Å². The fraction of sp³-hybridized carbons (Fsp3) is 0.692. The first-order chi connectivity index (χ1) is 7.26. The number of carbonyl (C=O) groups is 2. The molecule has 2 heterocycles. The largest absolute Gasteiger partial charge is 0.458 e. The van der Waals surface area contributed by atoms with Crippen LogP contribution in [0.2, 0.25) is 0 Å². The molecule has 0 saturated carbocycles. The van der Waals surface area contributed by atoms with E-state index in [1.54, 1.807) is 6.92 Å². The number of hydrogen-bond acceptors (Lipinski definition) is 3. The number of ether oxygens (including phenoxy) is 1. The molecule has 3 rings (SSSR count). The maximum atomic E-state index is 11.7. The molecule has 0 amide bonds. The zero-order valence-electron chi connectivity index (χ0n) is 10.3. The Morgan fingerprint density at radius 1 is 1.44 bits per heavy atom. The first kappa shape index (κ1) is 11.4. The summed E-state index contributed by atoms with van der Waals surface area (Å²) in [6.07, 6.45) is 2.73. The van der Waals surface area contributed by atoms with Crippen LogP contribution in [0.3, 0.4) is 0 Å². The van der Waals surface area contributed by atoms with Crippen molar-refractivity contribution in [3.8, 4) is 0 Å². The van der Waals surface area contributed by atoms with Crippen molar-refractivity contribution in [1.82, 2.24) is 0 Å². The molecule has 3 heteroatoms. The van der Waals surface area contributed by atoms with E-state index in [1.807, 2.05) is 13.0 Å². The van der Waals surface area contributed by atoms with Gasteiger partial charge in [-0.25, -0.2) is 0 Å². The van der Waals surface area contributed by atoms with Gasteiger partial charge in [0, 0.05) is 11.0 Å². The number of carbonyl (C=O) groups excluding carboxylic acids is 2. The van der Waals surface area contributed by atoms with E-state index in [2.05, 4.69) is 13.8 Å². The molecule has 2 atom stereocenters. The molecule has 0 radical (unpaired) electrons. The smallest absolute Gasteiger partial charge is 0.307 e. The highest BCUT2D eigenvalue weighted by atomic mass is 16.5. The van der Waals surface area contributed by atoms with Gasteiger partial charge in [0.2, 0.25) is 0 Å². The minimum Gasteiger partial charge on any atom is -0.458 e. The van der Waals surface area contributed by atoms with Gasteiger partial charge in [0.1, 0.15) is 6.10 Å². The second kappa shape index (κ2) is 3.19. The molecule has 3 aliphatic rings. The van der Waals surface area contributed by atoms with Crippen molar-refractivity contribution in [2.75, 3.05) is 0 Å². The first-order valence-corrected chi connectivity index (χ1v) is 5.69. The molecule has 0 spiro atoms. The van der Waals surface area contributed by atoms with Crippen molar-refractivity contribution in [3.05, 3.63) is 11.6 Å². The summed E-state index contributed by atoms with van der Waals surface area (Å²) < 4.78 is 5.32. The van der Waals surface area contributed by atoms with Crippen LogP contribution in [0.15, 0.2) is 11.6 Å². The van der Waals surface area contributed by atoms with Crippen LogP contribution in [0.1, 0.15) is 40.5 Å². The van der Waals surface area contributed by atoms with Crippen LogP contribution < -0.4 is 0 Å². The van der Waals surface area contributed by atoms with E-state index in [0.717, 1.165) is 12.0 Å². The predicted molar refractivity (Wildman–Crippen MR) is 59.8 cm³/mol. The van der Waals surface area contributed by atoms with Crippen LogP contribution in [0.4, 0.5) is 0 Å². The number of rotatable bonds is 1. The van der Waals surface area contributed by atoms with Crippen molar-refractivity contribution < 1.29 is 14.3 Å². The molecule has 1 saturated heterocycles. The molecule has 88 valence electrons. The van der Waals surface area contributed by atoms with Gasteiger partial charge in [0.15, 0.2) is 5.78 Å². The highest BCUT2D eigenvalue weighted by Crippen LogP contribution is 2.55. The first-order valence-electron chi connectivity index (χ1n) is 5.69. The van der Waals surface area contributed by atoms with E-state index in [0.29, 0.717) is 6.42 Å². The summed E-state index contributed by atoms with van der Waals surface area (Å²) in [5, 5.41) is 0. The lowest BCUT2D eigenvalue weighted by Crippen LogP contribution is -2.43. The Morgan fingerprint density at radius 2 is 2.06 bits per heavy atom. The standard InChI is InChI=1S/C13H18O3/c1-8(14)10-5-9-6-12(2,3)13(10,4)7-11(15)16-9/h5,9H,6-7H2,1-4H3. The maximum Gasteiger partial charge on any atom is 0.307 e. The molecule has 16 heavy (non-hydrogen) atoms. The number of Topliss-reactive ketones (excluding diaryl/α,β-unsaturated/α-hetero) is 1. The number of allylic oxidation sites excluding steroid dienone is 1. The quantitative estimate of drug-likeness (QED) is 0.639. The van der Waals surface area contributed by atoms with Crippen LogP contribution in [0.25, 0.3) is 0 Å². The summed E-state index contributed by atoms with van der Waals surface area (Å²) in [6.45, 7) is 7.79. The molecule has 0 N–H and O–H groups in total. The average Bonchev–Trinajstić information content (AvgIpc) is 2.25. The molecule has 0 aromatic rings. The van der Waals surface area contributed by atoms with Gasteiger partial charge in [-0.15, -0.1) is 0 Å². The fourth-order valence-corrected chi connectivity index (χ4v) is 2.94. The summed E-state index contributed by atoms with van der Waals surface area (Å²) in [6, 6.07) is 0. The zero-order chi connectivity index (χ0) is 12.1. The molecule has 1 fully saturated rings. The number of esters is 1.